The van der Waals surface area contributed by atoms with Gasteiger partial charge in [0.2, 0.25) is 0 Å². The summed E-state index contributed by atoms with van der Waals surface area (Å²) in [5, 5.41) is 7.20. The molecule has 0 amide bonds. The predicted octanol–water partition coefficient (Wildman–Crippen LogP) is 1.82. The van der Waals surface area contributed by atoms with Gasteiger partial charge >= 0.3 is 0 Å². The first-order valence-electron chi connectivity index (χ1n) is 5.77. The quantitative estimate of drug-likeness (QED) is 0.504. The third-order valence-corrected chi connectivity index (χ3v) is 3.14. The number of rotatable bonds is 6. The molecule has 3 heteroatoms. The van der Waals surface area contributed by atoms with Crippen molar-refractivity contribution in [3.63, 3.8) is 0 Å². The average Bonchev–Trinajstić information content (AvgIpc) is 2.64. The molecule has 1 fully saturated rings. The van der Waals surface area contributed by atoms with Gasteiger partial charge in [0.25, 0.3) is 0 Å². The van der Waals surface area contributed by atoms with Gasteiger partial charge in [0.05, 0.1) is 5.84 Å². The summed E-state index contributed by atoms with van der Waals surface area (Å²) in [5.41, 5.74) is 5.36. The van der Waals surface area contributed by atoms with E-state index in [0.717, 1.165) is 25.4 Å². The third-order valence-electron chi connectivity index (χ3n) is 3.14. The fourth-order valence-corrected chi connectivity index (χ4v) is 2.22. The maximum Gasteiger partial charge on any atom is 0.0918 e. The van der Waals surface area contributed by atoms with Gasteiger partial charge in [-0.05, 0) is 25.3 Å². The Bertz CT molecular complexity index is 173. The highest BCUT2D eigenvalue weighted by Crippen LogP contribution is 2.25. The number of nitrogens with two attached hydrogens (primary N) is 1. The second kappa shape index (κ2) is 6.02. The maximum atomic E-state index is 7.20. The van der Waals surface area contributed by atoms with Gasteiger partial charge in [-0.1, -0.05) is 19.8 Å². The summed E-state index contributed by atoms with van der Waals surface area (Å²) in [6.07, 6.45) is 6.34. The van der Waals surface area contributed by atoms with Gasteiger partial charge in [-0.25, -0.2) is 0 Å². The van der Waals surface area contributed by atoms with E-state index in [1.54, 1.807) is 0 Å². The molecule has 1 aliphatic carbocycles. The molecule has 0 unspecified atom stereocenters. The van der Waals surface area contributed by atoms with Crippen LogP contribution >= 0.6 is 0 Å². The monoisotopic (exact) mass is 197 g/mol. The van der Waals surface area contributed by atoms with Crippen molar-refractivity contribution in [2.45, 2.75) is 39.0 Å². The van der Waals surface area contributed by atoms with Crippen LogP contribution in [0.2, 0.25) is 0 Å². The summed E-state index contributed by atoms with van der Waals surface area (Å²) in [6, 6.07) is 0. The van der Waals surface area contributed by atoms with Crippen molar-refractivity contribution in [3.8, 4) is 0 Å². The number of nitrogens with one attached hydrogen (secondary N) is 1. The van der Waals surface area contributed by atoms with Gasteiger partial charge in [-0.15, -0.1) is 0 Å². The Morgan fingerprint density at radius 1 is 1.43 bits per heavy atom. The average molecular weight is 197 g/mol. The molecule has 0 saturated heterocycles. The molecule has 1 aliphatic rings. The summed E-state index contributed by atoms with van der Waals surface area (Å²) < 4.78 is 0. The Kier molecular flexibility index (Phi) is 4.94. The Morgan fingerprint density at radius 2 is 2.07 bits per heavy atom. The number of amidine groups is 1. The molecule has 1 rings (SSSR count). The number of hydrogen-bond donors (Lipinski definition) is 2. The van der Waals surface area contributed by atoms with Crippen LogP contribution in [0.3, 0.4) is 0 Å². The lowest BCUT2D eigenvalue weighted by Gasteiger charge is -2.23. The molecule has 0 aromatic heterocycles. The van der Waals surface area contributed by atoms with Crippen molar-refractivity contribution in [2.24, 2.45) is 11.7 Å². The predicted molar refractivity (Wildman–Crippen MR) is 60.6 cm³/mol. The van der Waals surface area contributed by atoms with Crippen molar-refractivity contribution in [2.75, 3.05) is 19.6 Å². The van der Waals surface area contributed by atoms with E-state index in [4.69, 9.17) is 11.1 Å². The normalized spacial score (nSPS) is 17.9. The number of hydrogen-bond acceptors (Lipinski definition) is 2. The SMILES string of the molecule is CCN(CCC(=N)N)CC1CCCC1. The van der Waals surface area contributed by atoms with Crippen LogP contribution in [0, 0.1) is 11.3 Å². The van der Waals surface area contributed by atoms with Crippen molar-refractivity contribution in [3.05, 3.63) is 0 Å². The van der Waals surface area contributed by atoms with E-state index >= 15 is 0 Å². The van der Waals surface area contributed by atoms with Crippen molar-refractivity contribution in [1.82, 2.24) is 4.90 Å². The highest BCUT2D eigenvalue weighted by molar-refractivity contribution is 5.76. The molecule has 0 atom stereocenters. The Balaban J connectivity index is 2.19. The van der Waals surface area contributed by atoms with Crippen molar-refractivity contribution >= 4 is 5.84 Å². The second-order valence-electron chi connectivity index (χ2n) is 4.32. The first-order valence-corrected chi connectivity index (χ1v) is 5.77. The van der Waals surface area contributed by atoms with Gasteiger partial charge in [0.1, 0.15) is 0 Å². The van der Waals surface area contributed by atoms with Crippen LogP contribution in [-0.2, 0) is 0 Å². The van der Waals surface area contributed by atoms with Crippen LogP contribution in [-0.4, -0.2) is 30.4 Å². The van der Waals surface area contributed by atoms with Crippen LogP contribution in [0.1, 0.15) is 39.0 Å². The topological polar surface area (TPSA) is 53.1 Å². The lowest BCUT2D eigenvalue weighted by molar-refractivity contribution is 0.248. The van der Waals surface area contributed by atoms with Gasteiger partial charge in [0.15, 0.2) is 0 Å². The molecule has 0 spiro atoms. The minimum atomic E-state index is 0.315. The molecule has 1 saturated carbocycles. The van der Waals surface area contributed by atoms with Gasteiger partial charge < -0.3 is 10.6 Å². The molecular formula is C11H23N3. The van der Waals surface area contributed by atoms with E-state index < -0.39 is 0 Å². The summed E-state index contributed by atoms with van der Waals surface area (Å²) in [6.45, 7) is 5.45. The summed E-state index contributed by atoms with van der Waals surface area (Å²) in [4.78, 5) is 2.43. The molecular weight excluding hydrogens is 174 g/mol. The molecule has 3 nitrogen and oxygen atoms in total. The highest BCUT2D eigenvalue weighted by Gasteiger charge is 2.17. The molecule has 0 aliphatic heterocycles. The highest BCUT2D eigenvalue weighted by atomic mass is 15.1. The van der Waals surface area contributed by atoms with E-state index in [2.05, 4.69) is 11.8 Å². The second-order valence-corrected chi connectivity index (χ2v) is 4.32. The van der Waals surface area contributed by atoms with Crippen LogP contribution in [0.25, 0.3) is 0 Å². The molecule has 82 valence electrons. The zero-order valence-electron chi connectivity index (χ0n) is 9.26. The van der Waals surface area contributed by atoms with E-state index in [-0.39, 0.29) is 0 Å². The van der Waals surface area contributed by atoms with Crippen LogP contribution < -0.4 is 5.73 Å². The molecule has 3 N–H and O–H groups in total. The zero-order chi connectivity index (χ0) is 10.4. The van der Waals surface area contributed by atoms with E-state index in [1.165, 1.54) is 32.2 Å². The summed E-state index contributed by atoms with van der Waals surface area (Å²) in [5.74, 6) is 1.22. The Hall–Kier alpha value is -0.570. The van der Waals surface area contributed by atoms with E-state index in [0.29, 0.717) is 5.84 Å². The van der Waals surface area contributed by atoms with Crippen molar-refractivity contribution < 1.29 is 0 Å². The lowest BCUT2D eigenvalue weighted by atomic mass is 10.1. The van der Waals surface area contributed by atoms with Crippen LogP contribution in [0.15, 0.2) is 0 Å². The largest absolute Gasteiger partial charge is 0.388 e. The summed E-state index contributed by atoms with van der Waals surface area (Å²) in [7, 11) is 0. The maximum absolute atomic E-state index is 7.20. The molecule has 0 bridgehead atoms. The van der Waals surface area contributed by atoms with E-state index in [1.807, 2.05) is 0 Å². The van der Waals surface area contributed by atoms with Crippen LogP contribution in [0.4, 0.5) is 0 Å². The first-order chi connectivity index (χ1) is 6.72. The molecule has 0 aromatic carbocycles. The molecule has 14 heavy (non-hydrogen) atoms. The third kappa shape index (κ3) is 4.09. The minimum absolute atomic E-state index is 0.315. The fourth-order valence-electron chi connectivity index (χ4n) is 2.22. The zero-order valence-corrected chi connectivity index (χ0v) is 9.26. The molecule has 0 radical (unpaired) electrons. The molecule has 0 heterocycles. The summed E-state index contributed by atoms with van der Waals surface area (Å²) >= 11 is 0. The minimum Gasteiger partial charge on any atom is -0.388 e. The van der Waals surface area contributed by atoms with Gasteiger partial charge in [-0.3, -0.25) is 5.41 Å². The fraction of sp³-hybridized carbons (Fsp3) is 0.909. The smallest absolute Gasteiger partial charge is 0.0918 e. The first kappa shape index (κ1) is 11.5. The van der Waals surface area contributed by atoms with Gasteiger partial charge in [-0.2, -0.15) is 0 Å². The van der Waals surface area contributed by atoms with Gasteiger partial charge in [0, 0.05) is 19.5 Å². The lowest BCUT2D eigenvalue weighted by Crippen LogP contribution is -2.31. The van der Waals surface area contributed by atoms with Crippen molar-refractivity contribution in [1.29, 1.82) is 5.41 Å². The Labute approximate surface area is 87.2 Å². The van der Waals surface area contributed by atoms with Crippen LogP contribution in [0.5, 0.6) is 0 Å². The van der Waals surface area contributed by atoms with E-state index in [9.17, 15) is 0 Å². The number of nitrogens with zero attached hydrogens (tertiary/aromatic N) is 1. The standard InChI is InChI=1S/C11H23N3/c1-2-14(8-7-11(12)13)9-10-5-3-4-6-10/h10H,2-9H2,1H3,(H3,12,13). The Morgan fingerprint density at radius 3 is 2.57 bits per heavy atom. The molecule has 0 aromatic rings.